The van der Waals surface area contributed by atoms with Gasteiger partial charge in [0.25, 0.3) is 0 Å². The number of aliphatic hydroxyl groups is 1. The summed E-state index contributed by atoms with van der Waals surface area (Å²) in [5.41, 5.74) is 0. The van der Waals surface area contributed by atoms with Crippen LogP contribution in [0.25, 0.3) is 0 Å². The predicted molar refractivity (Wildman–Crippen MR) is 62.0 cm³/mol. The van der Waals surface area contributed by atoms with Crippen molar-refractivity contribution in [3.05, 3.63) is 18.2 Å². The Hall–Kier alpha value is -2.09. The van der Waals surface area contributed by atoms with Gasteiger partial charge in [0, 0.05) is 38.3 Å². The molecular formula is C10H16N4O4. The molecule has 1 rings (SSSR count). The number of aliphatic carboxylic acids is 1. The van der Waals surface area contributed by atoms with Crippen LogP contribution in [-0.4, -0.2) is 51.4 Å². The Labute approximate surface area is 103 Å². The molecule has 0 aliphatic rings. The van der Waals surface area contributed by atoms with E-state index in [2.05, 4.69) is 20.6 Å². The van der Waals surface area contributed by atoms with Crippen LogP contribution in [0.5, 0.6) is 0 Å². The third-order valence-corrected chi connectivity index (χ3v) is 2.19. The van der Waals surface area contributed by atoms with E-state index < -0.39 is 18.1 Å². The fraction of sp³-hybridized carbons (Fsp3) is 0.500. The smallest absolute Gasteiger partial charge is 0.332 e. The molecule has 0 spiro atoms. The second kappa shape index (κ2) is 7.28. The summed E-state index contributed by atoms with van der Waals surface area (Å²) < 4.78 is 0. The van der Waals surface area contributed by atoms with Gasteiger partial charge in [0.1, 0.15) is 5.82 Å². The molecule has 0 bridgehead atoms. The number of hydrogen-bond acceptors (Lipinski definition) is 4. The van der Waals surface area contributed by atoms with Gasteiger partial charge in [-0.05, 0) is 0 Å². The SMILES string of the molecule is O=C(NCCc1ncc[nH]1)NCCC(O)C(=O)O. The molecule has 0 aliphatic heterocycles. The van der Waals surface area contributed by atoms with Crippen LogP contribution in [0.4, 0.5) is 4.79 Å². The molecule has 0 saturated heterocycles. The van der Waals surface area contributed by atoms with Crippen molar-refractivity contribution in [2.24, 2.45) is 0 Å². The van der Waals surface area contributed by atoms with Crippen molar-refractivity contribution in [3.8, 4) is 0 Å². The van der Waals surface area contributed by atoms with E-state index in [9.17, 15) is 9.59 Å². The van der Waals surface area contributed by atoms with Gasteiger partial charge in [-0.25, -0.2) is 14.6 Å². The van der Waals surface area contributed by atoms with E-state index in [4.69, 9.17) is 10.2 Å². The number of nitrogens with one attached hydrogen (secondary N) is 3. The van der Waals surface area contributed by atoms with Crippen LogP contribution >= 0.6 is 0 Å². The molecule has 8 nitrogen and oxygen atoms in total. The van der Waals surface area contributed by atoms with Gasteiger partial charge in [-0.2, -0.15) is 0 Å². The first-order valence-corrected chi connectivity index (χ1v) is 5.50. The third kappa shape index (κ3) is 5.30. The molecule has 0 fully saturated rings. The first-order chi connectivity index (χ1) is 8.59. The van der Waals surface area contributed by atoms with E-state index in [0.29, 0.717) is 13.0 Å². The number of H-pyrrole nitrogens is 1. The van der Waals surface area contributed by atoms with E-state index in [1.807, 2.05) is 0 Å². The van der Waals surface area contributed by atoms with Crippen molar-refractivity contribution >= 4 is 12.0 Å². The summed E-state index contributed by atoms with van der Waals surface area (Å²) in [6, 6.07) is -0.404. The van der Waals surface area contributed by atoms with Gasteiger partial charge in [-0.15, -0.1) is 0 Å². The minimum absolute atomic E-state index is 0.0268. The van der Waals surface area contributed by atoms with Gasteiger partial charge < -0.3 is 25.8 Å². The number of hydrogen-bond donors (Lipinski definition) is 5. The normalized spacial score (nSPS) is 11.8. The molecule has 18 heavy (non-hydrogen) atoms. The van der Waals surface area contributed by atoms with Crippen LogP contribution in [-0.2, 0) is 11.2 Å². The van der Waals surface area contributed by atoms with E-state index in [0.717, 1.165) is 5.82 Å². The molecule has 5 N–H and O–H groups in total. The maximum absolute atomic E-state index is 11.2. The molecule has 1 aromatic rings. The molecule has 0 radical (unpaired) electrons. The second-order valence-electron chi connectivity index (χ2n) is 3.61. The number of carbonyl (C=O) groups is 2. The molecule has 1 aromatic heterocycles. The van der Waals surface area contributed by atoms with Crippen LogP contribution in [0.2, 0.25) is 0 Å². The largest absolute Gasteiger partial charge is 0.479 e. The molecule has 0 aliphatic carbocycles. The van der Waals surface area contributed by atoms with Crippen molar-refractivity contribution < 1.29 is 19.8 Å². The number of carbonyl (C=O) groups excluding carboxylic acids is 1. The average molecular weight is 256 g/mol. The molecule has 8 heteroatoms. The lowest BCUT2D eigenvalue weighted by Crippen LogP contribution is -2.38. The molecule has 1 unspecified atom stereocenters. The van der Waals surface area contributed by atoms with Gasteiger partial charge in [-0.3, -0.25) is 0 Å². The number of amides is 2. The highest BCUT2D eigenvalue weighted by Crippen LogP contribution is 1.90. The number of carboxylic acids is 1. The van der Waals surface area contributed by atoms with Crippen LogP contribution in [0.1, 0.15) is 12.2 Å². The van der Waals surface area contributed by atoms with Crippen molar-refractivity contribution in [2.75, 3.05) is 13.1 Å². The lowest BCUT2D eigenvalue weighted by atomic mass is 10.2. The first-order valence-electron chi connectivity index (χ1n) is 5.50. The standard InChI is InChI=1S/C10H16N4O4/c15-7(9(16)17)1-3-13-10(18)14-4-2-8-11-5-6-12-8/h5-7,15H,1-4H2,(H,11,12)(H,16,17)(H2,13,14,18). The van der Waals surface area contributed by atoms with Crippen LogP contribution in [0, 0.1) is 0 Å². The summed E-state index contributed by atoms with van der Waals surface area (Å²) in [5, 5.41) is 22.4. The maximum atomic E-state index is 11.2. The molecule has 2 amide bonds. The number of aromatic amines is 1. The van der Waals surface area contributed by atoms with Crippen molar-refractivity contribution in [2.45, 2.75) is 18.9 Å². The van der Waals surface area contributed by atoms with E-state index in [1.165, 1.54) is 0 Å². The Bertz CT molecular complexity index is 379. The highest BCUT2D eigenvalue weighted by Gasteiger charge is 2.12. The minimum Gasteiger partial charge on any atom is -0.479 e. The van der Waals surface area contributed by atoms with Gasteiger partial charge >= 0.3 is 12.0 Å². The fourth-order valence-electron chi connectivity index (χ4n) is 1.24. The van der Waals surface area contributed by atoms with Gasteiger partial charge in [0.05, 0.1) is 0 Å². The Morgan fingerprint density at radius 2 is 2.11 bits per heavy atom. The number of imidazole rings is 1. The number of aliphatic hydroxyl groups excluding tert-OH is 1. The Morgan fingerprint density at radius 3 is 2.72 bits per heavy atom. The summed E-state index contributed by atoms with van der Waals surface area (Å²) in [4.78, 5) is 28.4. The Balaban J connectivity index is 2.05. The summed E-state index contributed by atoms with van der Waals surface area (Å²) in [5.74, 6) is -0.522. The topological polar surface area (TPSA) is 127 Å². The fourth-order valence-corrected chi connectivity index (χ4v) is 1.24. The summed E-state index contributed by atoms with van der Waals surface area (Å²) in [6.07, 6.45) is 2.43. The zero-order chi connectivity index (χ0) is 13.4. The number of carboxylic acid groups (broad SMARTS) is 1. The number of urea groups is 1. The zero-order valence-corrected chi connectivity index (χ0v) is 9.72. The first kappa shape index (κ1) is 14.0. The molecule has 100 valence electrons. The van der Waals surface area contributed by atoms with Crippen molar-refractivity contribution in [3.63, 3.8) is 0 Å². The van der Waals surface area contributed by atoms with Crippen molar-refractivity contribution in [1.82, 2.24) is 20.6 Å². The van der Waals surface area contributed by atoms with Gasteiger partial charge in [0.15, 0.2) is 6.10 Å². The molecule has 0 aromatic carbocycles. The number of nitrogens with zero attached hydrogens (tertiary/aromatic N) is 1. The lowest BCUT2D eigenvalue weighted by molar-refractivity contribution is -0.146. The number of rotatable bonds is 7. The molecule has 0 saturated carbocycles. The van der Waals surface area contributed by atoms with E-state index in [1.54, 1.807) is 12.4 Å². The van der Waals surface area contributed by atoms with E-state index >= 15 is 0 Å². The third-order valence-electron chi connectivity index (χ3n) is 2.19. The minimum atomic E-state index is -1.45. The number of aromatic nitrogens is 2. The van der Waals surface area contributed by atoms with Gasteiger partial charge in [-0.1, -0.05) is 0 Å². The van der Waals surface area contributed by atoms with Gasteiger partial charge in [0.2, 0.25) is 0 Å². The second-order valence-corrected chi connectivity index (χ2v) is 3.61. The molecule has 1 heterocycles. The van der Waals surface area contributed by atoms with Crippen LogP contribution < -0.4 is 10.6 Å². The molecule has 1 atom stereocenters. The average Bonchev–Trinajstić information content (AvgIpc) is 2.81. The summed E-state index contributed by atoms with van der Waals surface area (Å²) in [7, 11) is 0. The Kier molecular flexibility index (Phi) is 5.65. The predicted octanol–water partition coefficient (Wildman–Crippen LogP) is -0.913. The quantitative estimate of drug-likeness (QED) is 0.431. The summed E-state index contributed by atoms with van der Waals surface area (Å²) in [6.45, 7) is 0.515. The van der Waals surface area contributed by atoms with E-state index in [-0.39, 0.29) is 13.0 Å². The zero-order valence-electron chi connectivity index (χ0n) is 9.72. The highest BCUT2D eigenvalue weighted by atomic mass is 16.4. The monoisotopic (exact) mass is 256 g/mol. The Morgan fingerprint density at radius 1 is 1.39 bits per heavy atom. The maximum Gasteiger partial charge on any atom is 0.332 e. The highest BCUT2D eigenvalue weighted by molar-refractivity contribution is 5.74. The van der Waals surface area contributed by atoms with Crippen LogP contribution in [0.15, 0.2) is 12.4 Å². The molecular weight excluding hydrogens is 240 g/mol. The summed E-state index contributed by atoms with van der Waals surface area (Å²) >= 11 is 0. The van der Waals surface area contributed by atoms with Crippen LogP contribution in [0.3, 0.4) is 0 Å². The van der Waals surface area contributed by atoms with Crippen molar-refractivity contribution in [1.29, 1.82) is 0 Å². The lowest BCUT2D eigenvalue weighted by Gasteiger charge is -2.08.